The number of rotatable bonds is 4. The molecule has 0 heterocycles. The largest absolute Gasteiger partial charge is 0.469 e. The second kappa shape index (κ2) is 4.93. The summed E-state index contributed by atoms with van der Waals surface area (Å²) in [5.41, 5.74) is 0.590. The van der Waals surface area contributed by atoms with E-state index in [0.717, 1.165) is 0 Å². The fourth-order valence-corrected chi connectivity index (χ4v) is 1.01. The number of esters is 1. The Morgan fingerprint density at radius 3 is 2.42 bits per heavy atom. The van der Waals surface area contributed by atoms with Crippen LogP contribution in [-0.2, 0) is 9.53 Å². The number of aliphatic hydroxyl groups excluding tert-OH is 1. The van der Waals surface area contributed by atoms with Crippen LogP contribution in [0.4, 0.5) is 0 Å². The molecule has 0 bridgehead atoms. The Hall–Kier alpha value is -0.830. The Bertz CT molecular complexity index is 175. The van der Waals surface area contributed by atoms with Crippen LogP contribution in [-0.4, -0.2) is 24.3 Å². The smallest absolute Gasteiger partial charge is 0.311 e. The van der Waals surface area contributed by atoms with Crippen molar-refractivity contribution in [3.63, 3.8) is 0 Å². The molecule has 2 unspecified atom stereocenters. The molecular weight excluding hydrogens is 156 g/mol. The molecule has 70 valence electrons. The number of carbonyl (C=O) groups is 1. The Morgan fingerprint density at radius 2 is 2.17 bits per heavy atom. The second-order valence-corrected chi connectivity index (χ2v) is 2.83. The van der Waals surface area contributed by atoms with E-state index in [1.165, 1.54) is 7.11 Å². The van der Waals surface area contributed by atoms with E-state index in [-0.39, 0.29) is 5.97 Å². The van der Waals surface area contributed by atoms with E-state index in [1.807, 2.05) is 6.92 Å². The van der Waals surface area contributed by atoms with Gasteiger partial charge in [0, 0.05) is 0 Å². The van der Waals surface area contributed by atoms with Crippen LogP contribution in [0.5, 0.6) is 0 Å². The highest BCUT2D eigenvalue weighted by Gasteiger charge is 2.25. The van der Waals surface area contributed by atoms with Crippen molar-refractivity contribution in [3.05, 3.63) is 12.2 Å². The summed E-state index contributed by atoms with van der Waals surface area (Å²) >= 11 is 0. The first-order valence-corrected chi connectivity index (χ1v) is 3.95. The average Bonchev–Trinajstić information content (AvgIpc) is 2.05. The number of hydrogen-bond acceptors (Lipinski definition) is 3. The molecule has 0 fully saturated rings. The molecular formula is C9H16O3. The number of aliphatic hydroxyl groups is 1. The maximum absolute atomic E-state index is 11.1. The molecule has 3 nitrogen and oxygen atoms in total. The van der Waals surface area contributed by atoms with Gasteiger partial charge in [-0.15, -0.1) is 0 Å². The van der Waals surface area contributed by atoms with Crippen molar-refractivity contribution in [2.24, 2.45) is 5.92 Å². The summed E-state index contributed by atoms with van der Waals surface area (Å²) in [5.74, 6) is -0.861. The summed E-state index contributed by atoms with van der Waals surface area (Å²) in [4.78, 5) is 11.1. The molecule has 0 aromatic carbocycles. The van der Waals surface area contributed by atoms with Crippen LogP contribution in [0.25, 0.3) is 0 Å². The van der Waals surface area contributed by atoms with Crippen molar-refractivity contribution in [1.82, 2.24) is 0 Å². The lowest BCUT2D eigenvalue weighted by Crippen LogP contribution is -2.29. The SMILES string of the molecule is C=C(C)C(O)C(CC)C(=O)OC. The lowest BCUT2D eigenvalue weighted by atomic mass is 9.95. The van der Waals surface area contributed by atoms with Gasteiger partial charge in [-0.1, -0.05) is 19.1 Å². The summed E-state index contributed by atoms with van der Waals surface area (Å²) < 4.78 is 4.53. The van der Waals surface area contributed by atoms with Crippen molar-refractivity contribution < 1.29 is 14.6 Å². The Kier molecular flexibility index (Phi) is 4.59. The van der Waals surface area contributed by atoms with Gasteiger partial charge in [0.1, 0.15) is 0 Å². The van der Waals surface area contributed by atoms with Gasteiger partial charge in [-0.2, -0.15) is 0 Å². The highest BCUT2D eigenvalue weighted by molar-refractivity contribution is 5.73. The highest BCUT2D eigenvalue weighted by Crippen LogP contribution is 2.15. The molecule has 12 heavy (non-hydrogen) atoms. The van der Waals surface area contributed by atoms with Gasteiger partial charge in [-0.3, -0.25) is 4.79 Å². The highest BCUT2D eigenvalue weighted by atomic mass is 16.5. The summed E-state index contributed by atoms with van der Waals surface area (Å²) in [7, 11) is 1.32. The van der Waals surface area contributed by atoms with E-state index in [2.05, 4.69) is 11.3 Å². The van der Waals surface area contributed by atoms with Gasteiger partial charge in [-0.25, -0.2) is 0 Å². The Labute approximate surface area is 73.0 Å². The predicted molar refractivity (Wildman–Crippen MR) is 46.6 cm³/mol. The van der Waals surface area contributed by atoms with E-state index in [9.17, 15) is 9.90 Å². The lowest BCUT2D eigenvalue weighted by molar-refractivity contribution is -0.148. The zero-order chi connectivity index (χ0) is 9.72. The average molecular weight is 172 g/mol. The van der Waals surface area contributed by atoms with Gasteiger partial charge in [-0.05, 0) is 13.3 Å². The fraction of sp³-hybridized carbons (Fsp3) is 0.667. The van der Waals surface area contributed by atoms with Crippen LogP contribution in [0, 0.1) is 5.92 Å². The zero-order valence-corrected chi connectivity index (χ0v) is 7.83. The molecule has 3 heteroatoms. The van der Waals surface area contributed by atoms with Crippen molar-refractivity contribution in [2.75, 3.05) is 7.11 Å². The molecule has 0 aromatic heterocycles. The van der Waals surface area contributed by atoms with E-state index < -0.39 is 12.0 Å². The molecule has 0 aliphatic heterocycles. The molecule has 0 spiro atoms. The van der Waals surface area contributed by atoms with Crippen molar-refractivity contribution in [3.8, 4) is 0 Å². The molecule has 0 amide bonds. The minimum atomic E-state index is -0.789. The minimum Gasteiger partial charge on any atom is -0.469 e. The van der Waals surface area contributed by atoms with Crippen LogP contribution in [0.15, 0.2) is 12.2 Å². The van der Waals surface area contributed by atoms with E-state index in [4.69, 9.17) is 0 Å². The normalized spacial score (nSPS) is 15.0. The zero-order valence-electron chi connectivity index (χ0n) is 7.83. The summed E-state index contributed by atoms with van der Waals surface area (Å²) in [5, 5.41) is 9.49. The Morgan fingerprint density at radius 1 is 1.67 bits per heavy atom. The lowest BCUT2D eigenvalue weighted by Gasteiger charge is -2.18. The van der Waals surface area contributed by atoms with Crippen LogP contribution < -0.4 is 0 Å². The molecule has 0 aliphatic carbocycles. The monoisotopic (exact) mass is 172 g/mol. The third-order valence-electron chi connectivity index (χ3n) is 1.83. The van der Waals surface area contributed by atoms with Gasteiger partial charge in [0.15, 0.2) is 0 Å². The third-order valence-corrected chi connectivity index (χ3v) is 1.83. The number of hydrogen-bond donors (Lipinski definition) is 1. The molecule has 0 radical (unpaired) electrons. The van der Waals surface area contributed by atoms with Crippen molar-refractivity contribution >= 4 is 5.97 Å². The van der Waals surface area contributed by atoms with E-state index in [0.29, 0.717) is 12.0 Å². The van der Waals surface area contributed by atoms with Gasteiger partial charge in [0.2, 0.25) is 0 Å². The molecule has 0 rings (SSSR count). The maximum Gasteiger partial charge on any atom is 0.311 e. The Balaban J connectivity index is 4.33. The maximum atomic E-state index is 11.1. The third kappa shape index (κ3) is 2.66. The first kappa shape index (κ1) is 11.2. The van der Waals surface area contributed by atoms with Crippen LogP contribution in [0.1, 0.15) is 20.3 Å². The topological polar surface area (TPSA) is 46.5 Å². The van der Waals surface area contributed by atoms with Crippen molar-refractivity contribution in [1.29, 1.82) is 0 Å². The quantitative estimate of drug-likeness (QED) is 0.510. The number of carbonyl (C=O) groups excluding carboxylic acids is 1. The summed E-state index contributed by atoms with van der Waals surface area (Å²) in [6, 6.07) is 0. The van der Waals surface area contributed by atoms with Crippen LogP contribution >= 0.6 is 0 Å². The standard InChI is InChI=1S/C9H16O3/c1-5-7(9(11)12-4)8(10)6(2)3/h7-8,10H,2,5H2,1,3-4H3. The fourth-order valence-electron chi connectivity index (χ4n) is 1.01. The summed E-state index contributed by atoms with van der Waals surface area (Å²) in [6.45, 7) is 7.10. The predicted octanol–water partition coefficient (Wildman–Crippen LogP) is 1.12. The van der Waals surface area contributed by atoms with Gasteiger partial charge in [0.05, 0.1) is 19.1 Å². The van der Waals surface area contributed by atoms with E-state index in [1.54, 1.807) is 6.92 Å². The van der Waals surface area contributed by atoms with E-state index >= 15 is 0 Å². The van der Waals surface area contributed by atoms with Gasteiger partial charge >= 0.3 is 5.97 Å². The molecule has 0 saturated carbocycles. The first-order chi connectivity index (χ1) is 5.54. The van der Waals surface area contributed by atoms with Gasteiger partial charge < -0.3 is 9.84 Å². The van der Waals surface area contributed by atoms with Crippen LogP contribution in [0.3, 0.4) is 0 Å². The molecule has 1 N–H and O–H groups in total. The molecule has 0 aromatic rings. The van der Waals surface area contributed by atoms with Crippen molar-refractivity contribution in [2.45, 2.75) is 26.4 Å². The minimum absolute atomic E-state index is 0.381. The molecule has 0 saturated heterocycles. The first-order valence-electron chi connectivity index (χ1n) is 3.95. The van der Waals surface area contributed by atoms with Crippen LogP contribution in [0.2, 0.25) is 0 Å². The summed E-state index contributed by atoms with van der Waals surface area (Å²) in [6.07, 6.45) is -0.233. The molecule has 0 aliphatic rings. The second-order valence-electron chi connectivity index (χ2n) is 2.83. The molecule has 2 atom stereocenters. The number of methoxy groups -OCH3 is 1. The van der Waals surface area contributed by atoms with Gasteiger partial charge in [0.25, 0.3) is 0 Å². The number of ether oxygens (including phenoxy) is 1.